The quantitative estimate of drug-likeness (QED) is 0.175. The average molecular weight is 763 g/mol. The number of hydrogen-bond acceptors (Lipinski definition) is 5. The molecule has 266 valence electrons. The van der Waals surface area contributed by atoms with Crippen molar-refractivity contribution in [1.82, 2.24) is 19.5 Å². The summed E-state index contributed by atoms with van der Waals surface area (Å²) in [5.41, 5.74) is 8.95. The van der Waals surface area contributed by atoms with Crippen molar-refractivity contribution >= 4 is 84.8 Å². The second kappa shape index (κ2) is 12.8. The first-order valence-corrected chi connectivity index (χ1v) is 20.6. The predicted octanol–water partition coefficient (Wildman–Crippen LogP) is 14.4. The molecule has 6 heteroatoms. The van der Waals surface area contributed by atoms with Gasteiger partial charge in [-0.25, -0.2) is 15.0 Å². The topological polar surface area (TPSA) is 43.6 Å². The first-order valence-electron chi connectivity index (χ1n) is 19.0. The van der Waals surface area contributed by atoms with Crippen LogP contribution in [0.4, 0.5) is 0 Å². The van der Waals surface area contributed by atoms with Crippen LogP contribution in [0.2, 0.25) is 0 Å². The van der Waals surface area contributed by atoms with Gasteiger partial charge in [-0.2, -0.15) is 0 Å². The zero-order valence-corrected chi connectivity index (χ0v) is 32.1. The van der Waals surface area contributed by atoms with Crippen molar-refractivity contribution < 1.29 is 0 Å². The van der Waals surface area contributed by atoms with Crippen LogP contribution in [0.15, 0.2) is 182 Å². The van der Waals surface area contributed by atoms with Crippen LogP contribution in [-0.4, -0.2) is 19.5 Å². The van der Waals surface area contributed by atoms with Gasteiger partial charge in [-0.3, -0.25) is 0 Å². The van der Waals surface area contributed by atoms with Crippen LogP contribution in [0.5, 0.6) is 0 Å². The molecular formula is C51H30N4S2. The van der Waals surface area contributed by atoms with Crippen LogP contribution in [0.25, 0.3) is 113 Å². The van der Waals surface area contributed by atoms with E-state index >= 15 is 0 Å². The molecule has 4 aromatic heterocycles. The van der Waals surface area contributed by atoms with Gasteiger partial charge in [-0.05, 0) is 59.7 Å². The molecule has 0 fully saturated rings. The van der Waals surface area contributed by atoms with Crippen LogP contribution in [0.1, 0.15) is 0 Å². The highest BCUT2D eigenvalue weighted by molar-refractivity contribution is 7.26. The molecule has 0 saturated heterocycles. The fourth-order valence-corrected chi connectivity index (χ4v) is 10.7. The van der Waals surface area contributed by atoms with E-state index in [1.807, 2.05) is 59.1 Å². The number of aromatic nitrogens is 4. The first kappa shape index (κ1) is 32.3. The third-order valence-electron chi connectivity index (χ3n) is 11.1. The Balaban J connectivity index is 0.984. The molecule has 8 aromatic carbocycles. The lowest BCUT2D eigenvalue weighted by Gasteiger charge is -2.10. The Morgan fingerprint density at radius 3 is 1.60 bits per heavy atom. The normalized spacial score (nSPS) is 11.9. The third-order valence-corrected chi connectivity index (χ3v) is 13.3. The van der Waals surface area contributed by atoms with Gasteiger partial charge in [0.15, 0.2) is 17.5 Å². The number of rotatable bonds is 5. The number of benzene rings is 8. The summed E-state index contributed by atoms with van der Waals surface area (Å²) < 4.78 is 7.41. The molecule has 0 atom stereocenters. The minimum Gasteiger partial charge on any atom is -0.309 e. The summed E-state index contributed by atoms with van der Waals surface area (Å²) in [6, 6.07) is 65.0. The third kappa shape index (κ3) is 5.22. The van der Waals surface area contributed by atoms with E-state index in [1.54, 1.807) is 0 Å². The number of nitrogens with zero attached hydrogens (tertiary/aromatic N) is 4. The molecule has 12 aromatic rings. The maximum Gasteiger partial charge on any atom is 0.164 e. The van der Waals surface area contributed by atoms with Crippen LogP contribution in [0, 0.1) is 0 Å². The Morgan fingerprint density at radius 1 is 0.333 bits per heavy atom. The Kier molecular flexibility index (Phi) is 7.24. The monoisotopic (exact) mass is 762 g/mol. The molecule has 0 aliphatic carbocycles. The van der Waals surface area contributed by atoms with Crippen molar-refractivity contribution in [2.24, 2.45) is 0 Å². The molecule has 0 N–H and O–H groups in total. The Bertz CT molecular complexity index is 3410. The molecule has 0 amide bonds. The highest BCUT2D eigenvalue weighted by Crippen LogP contribution is 2.43. The van der Waals surface area contributed by atoms with Crippen LogP contribution in [0.3, 0.4) is 0 Å². The molecule has 0 saturated carbocycles. The molecular weight excluding hydrogens is 733 g/mol. The maximum absolute atomic E-state index is 5.11. The fraction of sp³-hybridized carbons (Fsp3) is 0. The van der Waals surface area contributed by atoms with E-state index in [4.69, 9.17) is 15.0 Å². The van der Waals surface area contributed by atoms with Gasteiger partial charge in [0.1, 0.15) is 0 Å². The molecule has 57 heavy (non-hydrogen) atoms. The van der Waals surface area contributed by atoms with Crippen molar-refractivity contribution in [2.75, 3.05) is 0 Å². The summed E-state index contributed by atoms with van der Waals surface area (Å²) in [5, 5.41) is 7.51. The number of para-hydroxylation sites is 2. The maximum atomic E-state index is 5.11. The number of fused-ring (bicyclic) bond motifs is 9. The first-order chi connectivity index (χ1) is 28.2. The molecule has 12 rings (SSSR count). The van der Waals surface area contributed by atoms with Gasteiger partial charge in [-0.15, -0.1) is 22.7 Å². The summed E-state index contributed by atoms with van der Waals surface area (Å²) in [7, 11) is 0. The van der Waals surface area contributed by atoms with Crippen LogP contribution < -0.4 is 0 Å². The van der Waals surface area contributed by atoms with Crippen LogP contribution in [-0.2, 0) is 0 Å². The van der Waals surface area contributed by atoms with Gasteiger partial charge >= 0.3 is 0 Å². The molecule has 0 aliphatic rings. The Labute approximate surface area is 335 Å². The van der Waals surface area contributed by atoms with Crippen molar-refractivity contribution in [1.29, 1.82) is 0 Å². The molecule has 0 bridgehead atoms. The SMILES string of the molecule is c1ccc(-c2nc(-c3ccccc3)nc(-c3cccc4sc5ccc(-c6ccc7c(c6)sc6cc(-n8c9ccccc9c9ccccc98)ccc67)cc5c34)n2)cc1. The van der Waals surface area contributed by atoms with Gasteiger partial charge in [0.25, 0.3) is 0 Å². The predicted molar refractivity (Wildman–Crippen MR) is 242 cm³/mol. The van der Waals surface area contributed by atoms with Crippen molar-refractivity contribution in [2.45, 2.75) is 0 Å². The molecule has 0 aliphatic heterocycles. The number of hydrogen-bond donors (Lipinski definition) is 0. The second-order valence-corrected chi connectivity index (χ2v) is 16.6. The van der Waals surface area contributed by atoms with Crippen molar-refractivity contribution in [3.8, 4) is 51.0 Å². The van der Waals surface area contributed by atoms with Crippen LogP contribution >= 0.6 is 22.7 Å². The molecule has 0 spiro atoms. The second-order valence-electron chi connectivity index (χ2n) is 14.4. The van der Waals surface area contributed by atoms with E-state index in [-0.39, 0.29) is 0 Å². The van der Waals surface area contributed by atoms with Crippen molar-refractivity contribution in [3.05, 3.63) is 182 Å². The molecule has 0 radical (unpaired) electrons. The summed E-state index contributed by atoms with van der Waals surface area (Å²) >= 11 is 3.68. The minimum atomic E-state index is 0.663. The average Bonchev–Trinajstić information content (AvgIpc) is 3.95. The highest BCUT2D eigenvalue weighted by atomic mass is 32.1. The zero-order chi connectivity index (χ0) is 37.5. The van der Waals surface area contributed by atoms with E-state index < -0.39 is 0 Å². The van der Waals surface area contributed by atoms with E-state index in [9.17, 15) is 0 Å². The van der Waals surface area contributed by atoms with E-state index in [0.717, 1.165) is 16.7 Å². The minimum absolute atomic E-state index is 0.663. The summed E-state index contributed by atoms with van der Waals surface area (Å²) in [5.74, 6) is 2.00. The highest BCUT2D eigenvalue weighted by Gasteiger charge is 2.18. The molecule has 0 unspecified atom stereocenters. The van der Waals surface area contributed by atoms with E-state index in [2.05, 4.69) is 150 Å². The summed E-state index contributed by atoms with van der Waals surface area (Å²) in [6.45, 7) is 0. The lowest BCUT2D eigenvalue weighted by atomic mass is 9.99. The molecule has 4 heterocycles. The largest absolute Gasteiger partial charge is 0.309 e. The Hall–Kier alpha value is -6.99. The van der Waals surface area contributed by atoms with Gasteiger partial charge in [0.05, 0.1) is 11.0 Å². The summed E-state index contributed by atoms with van der Waals surface area (Å²) in [6.07, 6.45) is 0. The van der Waals surface area contributed by atoms with Gasteiger partial charge in [0, 0.05) is 73.5 Å². The lowest BCUT2D eigenvalue weighted by Crippen LogP contribution is -2.00. The van der Waals surface area contributed by atoms with Gasteiger partial charge in [-0.1, -0.05) is 133 Å². The van der Waals surface area contributed by atoms with Gasteiger partial charge in [0.2, 0.25) is 0 Å². The fourth-order valence-electron chi connectivity index (χ4n) is 8.41. The Morgan fingerprint density at radius 2 is 0.895 bits per heavy atom. The van der Waals surface area contributed by atoms with Crippen molar-refractivity contribution in [3.63, 3.8) is 0 Å². The smallest absolute Gasteiger partial charge is 0.164 e. The number of thiophene rings is 2. The standard InChI is InChI=1S/C51H30N4S2/c1-3-12-31(13-4-1)49-52-50(32-14-5-2-6-15-32)54-51(53-49)40-18-11-21-45-48(40)41-28-33(23-27-44(41)56-45)34-22-25-38-39-26-24-35(30-47(39)57-46(38)29-34)55-42-19-9-7-16-36(42)37-17-8-10-20-43(37)55/h1-30H. The molecule has 4 nitrogen and oxygen atoms in total. The zero-order valence-electron chi connectivity index (χ0n) is 30.4. The van der Waals surface area contributed by atoms with E-state index in [1.165, 1.54) is 79.0 Å². The summed E-state index contributed by atoms with van der Waals surface area (Å²) in [4.78, 5) is 15.2. The van der Waals surface area contributed by atoms with E-state index in [0.29, 0.717) is 17.5 Å². The van der Waals surface area contributed by atoms with Gasteiger partial charge < -0.3 is 4.57 Å². The lowest BCUT2D eigenvalue weighted by molar-refractivity contribution is 1.08.